The summed E-state index contributed by atoms with van der Waals surface area (Å²) >= 11 is 0. The molecule has 0 fully saturated rings. The first-order valence-electron chi connectivity index (χ1n) is 7.13. The quantitative estimate of drug-likeness (QED) is 0.907. The molecule has 2 aromatic carbocycles. The van der Waals surface area contributed by atoms with Gasteiger partial charge in [-0.2, -0.15) is 0 Å². The van der Waals surface area contributed by atoms with Crippen LogP contribution in [0.5, 0.6) is 0 Å². The molecule has 1 aliphatic heterocycles. The van der Waals surface area contributed by atoms with E-state index >= 15 is 0 Å². The van der Waals surface area contributed by atoms with Gasteiger partial charge in [-0.15, -0.1) is 0 Å². The fourth-order valence-electron chi connectivity index (χ4n) is 2.36. The molecule has 3 N–H and O–H groups in total. The van der Waals surface area contributed by atoms with Gasteiger partial charge in [0.05, 0.1) is 11.3 Å². The van der Waals surface area contributed by atoms with Crippen LogP contribution in [0.25, 0.3) is 0 Å². The van der Waals surface area contributed by atoms with E-state index in [1.807, 2.05) is 30.3 Å². The average molecular weight is 309 g/mol. The average Bonchev–Trinajstić information content (AvgIpc) is 3.06. The molecule has 0 bridgehead atoms. The van der Waals surface area contributed by atoms with Gasteiger partial charge in [0.15, 0.2) is 6.10 Å². The van der Waals surface area contributed by atoms with Crippen LogP contribution in [0.4, 0.5) is 5.69 Å². The number of carbonyl (C=O) groups excluding carboxylic acids is 2. The van der Waals surface area contributed by atoms with Crippen LogP contribution in [0.2, 0.25) is 0 Å². The molecule has 23 heavy (non-hydrogen) atoms. The van der Waals surface area contributed by atoms with Crippen molar-refractivity contribution in [3.63, 3.8) is 0 Å². The minimum absolute atomic E-state index is 0.250. The summed E-state index contributed by atoms with van der Waals surface area (Å²) in [5.74, 6) is -1.01. The van der Waals surface area contributed by atoms with Gasteiger partial charge < -0.3 is 15.9 Å². The lowest BCUT2D eigenvalue weighted by atomic mass is 10.0. The van der Waals surface area contributed by atoms with Gasteiger partial charge in [-0.1, -0.05) is 47.6 Å². The van der Waals surface area contributed by atoms with Crippen molar-refractivity contribution in [3.05, 3.63) is 65.7 Å². The highest BCUT2D eigenvalue weighted by atomic mass is 16.6. The Morgan fingerprint density at radius 3 is 2.52 bits per heavy atom. The lowest BCUT2D eigenvalue weighted by molar-refractivity contribution is -0.110. The number of anilines is 1. The third-order valence-corrected chi connectivity index (χ3v) is 3.54. The molecule has 2 aromatic rings. The van der Waals surface area contributed by atoms with E-state index < -0.39 is 11.8 Å². The normalized spacial score (nSPS) is 16.3. The van der Waals surface area contributed by atoms with Gasteiger partial charge in [0.1, 0.15) is 5.71 Å². The number of para-hydroxylation sites is 1. The van der Waals surface area contributed by atoms with Crippen LogP contribution in [0, 0.1) is 0 Å². The standard InChI is InChI=1S/C17H15N3O3/c18-16(21)12-8-4-5-9-13(12)19-17(22)14-10-15(23-20-14)11-6-2-1-3-7-11/h1-9,15H,10H2,(H2,18,21)(H,19,22). The number of hydrogen-bond donors (Lipinski definition) is 2. The summed E-state index contributed by atoms with van der Waals surface area (Å²) in [6, 6.07) is 16.1. The van der Waals surface area contributed by atoms with Gasteiger partial charge in [-0.05, 0) is 17.7 Å². The zero-order chi connectivity index (χ0) is 16.2. The third-order valence-electron chi connectivity index (χ3n) is 3.54. The second kappa shape index (κ2) is 6.31. The van der Waals surface area contributed by atoms with E-state index in [-0.39, 0.29) is 17.4 Å². The summed E-state index contributed by atoms with van der Waals surface area (Å²) in [4.78, 5) is 29.0. The first-order chi connectivity index (χ1) is 11.1. The summed E-state index contributed by atoms with van der Waals surface area (Å²) in [6.45, 7) is 0. The van der Waals surface area contributed by atoms with Crippen LogP contribution in [0.3, 0.4) is 0 Å². The van der Waals surface area contributed by atoms with Gasteiger partial charge in [-0.3, -0.25) is 9.59 Å². The summed E-state index contributed by atoms with van der Waals surface area (Å²) in [6.07, 6.45) is 0.0949. The van der Waals surface area contributed by atoms with E-state index in [1.54, 1.807) is 24.3 Å². The van der Waals surface area contributed by atoms with Crippen molar-refractivity contribution in [2.45, 2.75) is 12.5 Å². The Kier molecular flexibility index (Phi) is 4.05. The lowest BCUT2D eigenvalue weighted by Gasteiger charge is -2.09. The molecule has 0 saturated carbocycles. The van der Waals surface area contributed by atoms with Crippen molar-refractivity contribution in [3.8, 4) is 0 Å². The molecule has 6 nitrogen and oxygen atoms in total. The number of rotatable bonds is 4. The second-order valence-corrected chi connectivity index (χ2v) is 5.11. The van der Waals surface area contributed by atoms with Crippen molar-refractivity contribution in [2.75, 3.05) is 5.32 Å². The number of nitrogens with one attached hydrogen (secondary N) is 1. The Balaban J connectivity index is 1.70. The molecule has 1 aliphatic rings. The summed E-state index contributed by atoms with van der Waals surface area (Å²) in [7, 11) is 0. The number of primary amides is 1. The number of hydrogen-bond acceptors (Lipinski definition) is 4. The van der Waals surface area contributed by atoms with Gasteiger partial charge in [0.25, 0.3) is 11.8 Å². The minimum atomic E-state index is -0.604. The monoisotopic (exact) mass is 309 g/mol. The van der Waals surface area contributed by atoms with Crippen molar-refractivity contribution in [1.82, 2.24) is 0 Å². The van der Waals surface area contributed by atoms with Crippen molar-refractivity contribution >= 4 is 23.2 Å². The molecule has 0 spiro atoms. The molecule has 0 aliphatic carbocycles. The molecular weight excluding hydrogens is 294 g/mol. The van der Waals surface area contributed by atoms with Crippen LogP contribution in [0.15, 0.2) is 59.8 Å². The highest BCUT2D eigenvalue weighted by Crippen LogP contribution is 2.27. The Hall–Kier alpha value is -3.15. The fraction of sp³-hybridized carbons (Fsp3) is 0.118. The van der Waals surface area contributed by atoms with Crippen LogP contribution < -0.4 is 11.1 Å². The minimum Gasteiger partial charge on any atom is -0.387 e. The highest BCUT2D eigenvalue weighted by Gasteiger charge is 2.27. The van der Waals surface area contributed by atoms with Crippen LogP contribution in [0.1, 0.15) is 28.4 Å². The molecule has 0 aromatic heterocycles. The SMILES string of the molecule is NC(=O)c1ccccc1NC(=O)C1=NOC(c2ccccc2)C1. The smallest absolute Gasteiger partial charge is 0.273 e. The van der Waals surface area contributed by atoms with E-state index in [0.29, 0.717) is 12.1 Å². The predicted molar refractivity (Wildman–Crippen MR) is 85.9 cm³/mol. The van der Waals surface area contributed by atoms with Crippen LogP contribution >= 0.6 is 0 Å². The Labute approximate surface area is 132 Å². The molecule has 1 unspecified atom stereocenters. The van der Waals surface area contributed by atoms with E-state index in [9.17, 15) is 9.59 Å². The molecule has 1 atom stereocenters. The second-order valence-electron chi connectivity index (χ2n) is 5.11. The van der Waals surface area contributed by atoms with E-state index in [4.69, 9.17) is 10.6 Å². The van der Waals surface area contributed by atoms with Crippen molar-refractivity contribution < 1.29 is 14.4 Å². The summed E-state index contributed by atoms with van der Waals surface area (Å²) in [5, 5.41) is 6.51. The lowest BCUT2D eigenvalue weighted by Crippen LogP contribution is -2.24. The predicted octanol–water partition coefficient (Wildman–Crippen LogP) is 2.24. The molecule has 1 heterocycles. The van der Waals surface area contributed by atoms with Crippen LogP contribution in [-0.2, 0) is 9.63 Å². The number of amides is 2. The first kappa shape index (κ1) is 14.8. The van der Waals surface area contributed by atoms with E-state index in [0.717, 1.165) is 5.56 Å². The Morgan fingerprint density at radius 2 is 1.78 bits per heavy atom. The van der Waals surface area contributed by atoms with Crippen molar-refractivity contribution in [1.29, 1.82) is 0 Å². The molecule has 116 valence electrons. The summed E-state index contributed by atoms with van der Waals surface area (Å²) < 4.78 is 0. The van der Waals surface area contributed by atoms with E-state index in [2.05, 4.69) is 10.5 Å². The highest BCUT2D eigenvalue weighted by molar-refractivity contribution is 6.43. The van der Waals surface area contributed by atoms with Gasteiger partial charge >= 0.3 is 0 Å². The topological polar surface area (TPSA) is 93.8 Å². The van der Waals surface area contributed by atoms with Gasteiger partial charge in [0.2, 0.25) is 0 Å². The Bertz CT molecular complexity index is 772. The van der Waals surface area contributed by atoms with Gasteiger partial charge in [0, 0.05) is 6.42 Å². The molecule has 6 heteroatoms. The Morgan fingerprint density at radius 1 is 1.09 bits per heavy atom. The zero-order valence-corrected chi connectivity index (χ0v) is 12.2. The van der Waals surface area contributed by atoms with Crippen molar-refractivity contribution in [2.24, 2.45) is 10.9 Å². The number of oxime groups is 1. The summed E-state index contributed by atoms with van der Waals surface area (Å²) in [5.41, 5.74) is 7.14. The maximum atomic E-state index is 12.3. The number of benzene rings is 2. The zero-order valence-electron chi connectivity index (χ0n) is 12.2. The largest absolute Gasteiger partial charge is 0.387 e. The fourth-order valence-corrected chi connectivity index (χ4v) is 2.36. The first-order valence-corrected chi connectivity index (χ1v) is 7.13. The van der Waals surface area contributed by atoms with Crippen LogP contribution in [-0.4, -0.2) is 17.5 Å². The number of nitrogens with zero attached hydrogens (tertiary/aromatic N) is 1. The number of carbonyl (C=O) groups is 2. The maximum Gasteiger partial charge on any atom is 0.273 e. The maximum absolute atomic E-state index is 12.3. The van der Waals surface area contributed by atoms with E-state index in [1.165, 1.54) is 0 Å². The molecule has 0 saturated heterocycles. The molecular formula is C17H15N3O3. The molecule has 3 rings (SSSR count). The molecule has 2 amide bonds. The van der Waals surface area contributed by atoms with Gasteiger partial charge in [-0.25, -0.2) is 0 Å². The molecule has 0 radical (unpaired) electrons. The number of nitrogens with two attached hydrogens (primary N) is 1. The third kappa shape index (κ3) is 3.21.